The minimum absolute atomic E-state index is 0.0529. The molecule has 20 heavy (non-hydrogen) atoms. The van der Waals surface area contributed by atoms with Gasteiger partial charge in [-0.3, -0.25) is 4.79 Å². The molecule has 2 unspecified atom stereocenters. The van der Waals surface area contributed by atoms with Gasteiger partial charge < -0.3 is 10.4 Å². The normalized spacial score (nSPS) is 24.4. The van der Waals surface area contributed by atoms with Crippen LogP contribution in [0.5, 0.6) is 0 Å². The van der Waals surface area contributed by atoms with Gasteiger partial charge in [0.15, 0.2) is 0 Å². The van der Waals surface area contributed by atoms with Crippen LogP contribution in [0.1, 0.15) is 38.3 Å². The number of benzene rings is 1. The van der Waals surface area contributed by atoms with E-state index in [0.717, 1.165) is 12.0 Å². The highest BCUT2D eigenvalue weighted by Crippen LogP contribution is 2.40. The van der Waals surface area contributed by atoms with Gasteiger partial charge in [0, 0.05) is 17.5 Å². The van der Waals surface area contributed by atoms with E-state index in [-0.39, 0.29) is 23.5 Å². The third-order valence-electron chi connectivity index (χ3n) is 4.35. The molecule has 2 N–H and O–H groups in total. The predicted molar refractivity (Wildman–Crippen MR) is 81.2 cm³/mol. The van der Waals surface area contributed by atoms with Gasteiger partial charge in [0.25, 0.3) is 0 Å². The SMILES string of the molecule is CCc1ccc(/C=C/C(=O)NC2CC(O)C2(C)C)cc1. The van der Waals surface area contributed by atoms with Gasteiger partial charge in [0.1, 0.15) is 0 Å². The fourth-order valence-electron chi connectivity index (χ4n) is 2.40. The van der Waals surface area contributed by atoms with Crippen LogP contribution in [0.25, 0.3) is 6.08 Å². The van der Waals surface area contributed by atoms with E-state index in [9.17, 15) is 9.90 Å². The molecule has 0 aromatic heterocycles. The summed E-state index contributed by atoms with van der Waals surface area (Å²) in [6.07, 6.45) is 4.71. The summed E-state index contributed by atoms with van der Waals surface area (Å²) in [6.45, 7) is 6.06. The molecule has 1 aliphatic rings. The lowest BCUT2D eigenvalue weighted by molar-refractivity contribution is -0.124. The van der Waals surface area contributed by atoms with Gasteiger partial charge in [0.2, 0.25) is 5.91 Å². The molecule has 108 valence electrons. The van der Waals surface area contributed by atoms with Crippen LogP contribution >= 0.6 is 0 Å². The van der Waals surface area contributed by atoms with E-state index in [1.165, 1.54) is 5.56 Å². The molecule has 1 aromatic rings. The summed E-state index contributed by atoms with van der Waals surface area (Å²) in [5, 5.41) is 12.6. The van der Waals surface area contributed by atoms with Gasteiger partial charge >= 0.3 is 0 Å². The van der Waals surface area contributed by atoms with Crippen LogP contribution in [-0.2, 0) is 11.2 Å². The molecule has 0 bridgehead atoms. The van der Waals surface area contributed by atoms with Crippen molar-refractivity contribution in [2.24, 2.45) is 5.41 Å². The Kier molecular flexibility index (Phi) is 4.29. The van der Waals surface area contributed by atoms with E-state index in [4.69, 9.17) is 0 Å². The lowest BCUT2D eigenvalue weighted by Crippen LogP contribution is -2.60. The molecular weight excluding hydrogens is 250 g/mol. The van der Waals surface area contributed by atoms with Gasteiger partial charge in [-0.05, 0) is 30.0 Å². The number of aliphatic hydroxyl groups excluding tert-OH is 1. The predicted octanol–water partition coefficient (Wildman–Crippen LogP) is 2.54. The van der Waals surface area contributed by atoms with Crippen LogP contribution in [-0.4, -0.2) is 23.2 Å². The summed E-state index contributed by atoms with van der Waals surface area (Å²) in [5.74, 6) is -0.102. The lowest BCUT2D eigenvalue weighted by atomic mass is 9.64. The first kappa shape index (κ1) is 14.8. The summed E-state index contributed by atoms with van der Waals surface area (Å²) in [7, 11) is 0. The molecule has 1 aliphatic carbocycles. The van der Waals surface area contributed by atoms with Crippen molar-refractivity contribution in [3.05, 3.63) is 41.5 Å². The maximum Gasteiger partial charge on any atom is 0.244 e. The topological polar surface area (TPSA) is 49.3 Å². The second kappa shape index (κ2) is 5.80. The third kappa shape index (κ3) is 3.10. The zero-order chi connectivity index (χ0) is 14.8. The number of hydrogen-bond acceptors (Lipinski definition) is 2. The van der Waals surface area contributed by atoms with Crippen LogP contribution in [0.4, 0.5) is 0 Å². The van der Waals surface area contributed by atoms with Gasteiger partial charge in [-0.2, -0.15) is 0 Å². The Morgan fingerprint density at radius 1 is 1.40 bits per heavy atom. The highest BCUT2D eigenvalue weighted by molar-refractivity contribution is 5.92. The van der Waals surface area contributed by atoms with E-state index in [1.54, 1.807) is 6.08 Å². The average Bonchev–Trinajstić information content (AvgIpc) is 2.45. The highest BCUT2D eigenvalue weighted by atomic mass is 16.3. The zero-order valence-corrected chi connectivity index (χ0v) is 12.4. The Bertz CT molecular complexity index is 502. The van der Waals surface area contributed by atoms with Crippen molar-refractivity contribution >= 4 is 12.0 Å². The molecular formula is C17H23NO2. The number of nitrogens with one attached hydrogen (secondary N) is 1. The van der Waals surface area contributed by atoms with Crippen LogP contribution in [0.3, 0.4) is 0 Å². The number of carbonyl (C=O) groups is 1. The molecule has 0 aliphatic heterocycles. The molecule has 0 heterocycles. The molecule has 2 atom stereocenters. The van der Waals surface area contributed by atoms with Crippen LogP contribution in [0.2, 0.25) is 0 Å². The van der Waals surface area contributed by atoms with Crippen LogP contribution in [0.15, 0.2) is 30.3 Å². The summed E-state index contributed by atoms with van der Waals surface area (Å²) in [6, 6.07) is 8.22. The van der Waals surface area contributed by atoms with E-state index in [2.05, 4.69) is 24.4 Å². The number of carbonyl (C=O) groups excluding carboxylic acids is 1. The number of hydrogen-bond donors (Lipinski definition) is 2. The Hall–Kier alpha value is -1.61. The largest absolute Gasteiger partial charge is 0.392 e. The van der Waals surface area contributed by atoms with E-state index in [1.807, 2.05) is 32.1 Å². The molecule has 0 spiro atoms. The van der Waals surface area contributed by atoms with E-state index >= 15 is 0 Å². The Labute approximate surface area is 120 Å². The summed E-state index contributed by atoms with van der Waals surface area (Å²) < 4.78 is 0. The van der Waals surface area contributed by atoms with Crippen molar-refractivity contribution in [1.29, 1.82) is 0 Å². The van der Waals surface area contributed by atoms with Crippen molar-refractivity contribution in [3.8, 4) is 0 Å². The summed E-state index contributed by atoms with van der Waals surface area (Å²) >= 11 is 0. The molecule has 0 saturated heterocycles. The number of rotatable bonds is 4. The van der Waals surface area contributed by atoms with Gasteiger partial charge in [-0.25, -0.2) is 0 Å². The van der Waals surface area contributed by atoms with Crippen LogP contribution in [0, 0.1) is 5.41 Å². The van der Waals surface area contributed by atoms with E-state index < -0.39 is 0 Å². The Balaban J connectivity index is 1.89. The van der Waals surface area contributed by atoms with Gasteiger partial charge in [0.05, 0.1) is 6.10 Å². The molecule has 3 nitrogen and oxygen atoms in total. The number of amides is 1. The molecule has 1 saturated carbocycles. The average molecular weight is 273 g/mol. The zero-order valence-electron chi connectivity index (χ0n) is 12.4. The second-order valence-electron chi connectivity index (χ2n) is 6.06. The first-order valence-corrected chi connectivity index (χ1v) is 7.19. The third-order valence-corrected chi connectivity index (χ3v) is 4.35. The minimum Gasteiger partial charge on any atom is -0.392 e. The Morgan fingerprint density at radius 2 is 2.05 bits per heavy atom. The second-order valence-corrected chi connectivity index (χ2v) is 6.06. The van der Waals surface area contributed by atoms with Crippen molar-refractivity contribution < 1.29 is 9.90 Å². The first-order chi connectivity index (χ1) is 9.43. The van der Waals surface area contributed by atoms with Crippen molar-refractivity contribution in [2.45, 2.75) is 45.8 Å². The van der Waals surface area contributed by atoms with E-state index in [0.29, 0.717) is 6.42 Å². The molecule has 3 heteroatoms. The van der Waals surface area contributed by atoms with Crippen LogP contribution < -0.4 is 5.32 Å². The highest BCUT2D eigenvalue weighted by Gasteiger charge is 2.47. The summed E-state index contributed by atoms with van der Waals surface area (Å²) in [5.41, 5.74) is 2.08. The fourth-order valence-corrected chi connectivity index (χ4v) is 2.40. The summed E-state index contributed by atoms with van der Waals surface area (Å²) in [4.78, 5) is 11.9. The van der Waals surface area contributed by atoms with Gasteiger partial charge in [-0.1, -0.05) is 45.0 Å². The maximum absolute atomic E-state index is 11.9. The maximum atomic E-state index is 11.9. The smallest absolute Gasteiger partial charge is 0.244 e. The molecule has 1 fully saturated rings. The van der Waals surface area contributed by atoms with Crippen molar-refractivity contribution in [2.75, 3.05) is 0 Å². The molecule has 1 amide bonds. The van der Waals surface area contributed by atoms with Crippen molar-refractivity contribution in [3.63, 3.8) is 0 Å². The standard InChI is InChI=1S/C17H23NO2/c1-4-12-5-7-13(8-6-12)9-10-16(20)18-14-11-15(19)17(14,2)3/h5-10,14-15,19H,4,11H2,1-3H3,(H,18,20)/b10-9+. The van der Waals surface area contributed by atoms with Crippen molar-refractivity contribution in [1.82, 2.24) is 5.32 Å². The monoisotopic (exact) mass is 273 g/mol. The Morgan fingerprint density at radius 3 is 2.55 bits per heavy atom. The molecule has 1 aromatic carbocycles. The molecule has 0 radical (unpaired) electrons. The lowest BCUT2D eigenvalue weighted by Gasteiger charge is -2.49. The first-order valence-electron chi connectivity index (χ1n) is 7.19. The fraction of sp³-hybridized carbons (Fsp3) is 0.471. The van der Waals surface area contributed by atoms with Gasteiger partial charge in [-0.15, -0.1) is 0 Å². The minimum atomic E-state index is -0.321. The number of aliphatic hydroxyl groups is 1. The number of aryl methyl sites for hydroxylation is 1. The quantitative estimate of drug-likeness (QED) is 0.828. The molecule has 2 rings (SSSR count).